The smallest absolute Gasteiger partial charge is 0.254 e. The van der Waals surface area contributed by atoms with E-state index in [2.05, 4.69) is 19.2 Å². The molecule has 1 amide bonds. The molecule has 3 rings (SSSR count). The minimum absolute atomic E-state index is 0.164. The SMILES string of the molecule is COCCN(CCOC)C(=O)c1cccc(C(=O)/C=C2\NC(C)(C)Cc3ccc(OC)cc32)c1. The number of fused-ring (bicyclic) bond motifs is 1. The Morgan fingerprint density at radius 3 is 2.32 bits per heavy atom. The molecular formula is C27H34N2O5. The highest BCUT2D eigenvalue weighted by molar-refractivity contribution is 6.10. The maximum atomic E-state index is 13.3. The van der Waals surface area contributed by atoms with Crippen LogP contribution in [0.1, 0.15) is 45.7 Å². The van der Waals surface area contributed by atoms with E-state index in [0.29, 0.717) is 37.4 Å². The Labute approximate surface area is 201 Å². The van der Waals surface area contributed by atoms with E-state index in [0.717, 1.165) is 29.0 Å². The van der Waals surface area contributed by atoms with Crippen LogP contribution in [0.25, 0.3) is 5.70 Å². The third kappa shape index (κ3) is 6.24. The van der Waals surface area contributed by atoms with Crippen molar-refractivity contribution >= 4 is 17.4 Å². The average Bonchev–Trinajstić information content (AvgIpc) is 2.83. The molecule has 1 aliphatic rings. The van der Waals surface area contributed by atoms with Crippen molar-refractivity contribution in [1.82, 2.24) is 10.2 Å². The van der Waals surface area contributed by atoms with E-state index >= 15 is 0 Å². The molecule has 0 aliphatic carbocycles. The zero-order valence-corrected chi connectivity index (χ0v) is 20.6. The lowest BCUT2D eigenvalue weighted by Crippen LogP contribution is -2.43. The average molecular weight is 467 g/mol. The maximum Gasteiger partial charge on any atom is 0.254 e. The Kier molecular flexibility index (Phi) is 8.47. The van der Waals surface area contributed by atoms with Gasteiger partial charge < -0.3 is 24.4 Å². The quantitative estimate of drug-likeness (QED) is 0.426. The van der Waals surface area contributed by atoms with Gasteiger partial charge in [0.25, 0.3) is 5.91 Å². The number of nitrogens with one attached hydrogen (secondary N) is 1. The number of methoxy groups -OCH3 is 3. The Hall–Kier alpha value is -3.16. The topological polar surface area (TPSA) is 77.1 Å². The molecule has 2 aromatic rings. The molecule has 0 saturated heterocycles. The van der Waals surface area contributed by atoms with Crippen molar-refractivity contribution in [2.75, 3.05) is 47.6 Å². The number of hydrogen-bond donors (Lipinski definition) is 1. The van der Waals surface area contributed by atoms with Crippen LogP contribution in [0.5, 0.6) is 5.75 Å². The highest BCUT2D eigenvalue weighted by atomic mass is 16.5. The molecular weight excluding hydrogens is 432 g/mol. The van der Waals surface area contributed by atoms with Crippen LogP contribution < -0.4 is 10.1 Å². The van der Waals surface area contributed by atoms with Crippen LogP contribution in [-0.4, -0.2) is 69.8 Å². The second kappa shape index (κ2) is 11.3. The van der Waals surface area contributed by atoms with Gasteiger partial charge >= 0.3 is 0 Å². The van der Waals surface area contributed by atoms with Gasteiger partial charge in [-0.25, -0.2) is 0 Å². The lowest BCUT2D eigenvalue weighted by molar-refractivity contribution is 0.0627. The number of rotatable bonds is 10. The number of ether oxygens (including phenoxy) is 3. The molecule has 7 heteroatoms. The van der Waals surface area contributed by atoms with Gasteiger partial charge in [-0.1, -0.05) is 18.2 Å². The molecule has 0 spiro atoms. The summed E-state index contributed by atoms with van der Waals surface area (Å²) >= 11 is 0. The Balaban J connectivity index is 1.90. The predicted molar refractivity (Wildman–Crippen MR) is 132 cm³/mol. The summed E-state index contributed by atoms with van der Waals surface area (Å²) in [6.45, 7) is 5.94. The molecule has 0 unspecified atom stereocenters. The molecule has 1 N–H and O–H groups in total. The van der Waals surface area contributed by atoms with Crippen molar-refractivity contribution in [2.24, 2.45) is 0 Å². The first-order valence-electron chi connectivity index (χ1n) is 11.4. The Bertz CT molecular complexity index is 1050. The largest absolute Gasteiger partial charge is 0.497 e. The molecule has 0 atom stereocenters. The van der Waals surface area contributed by atoms with Crippen molar-refractivity contribution in [3.05, 3.63) is 70.8 Å². The third-order valence-electron chi connectivity index (χ3n) is 5.80. The van der Waals surface area contributed by atoms with Gasteiger partial charge in [0.2, 0.25) is 0 Å². The van der Waals surface area contributed by atoms with Gasteiger partial charge in [0.05, 0.1) is 20.3 Å². The van der Waals surface area contributed by atoms with Crippen LogP contribution in [0, 0.1) is 0 Å². The molecule has 182 valence electrons. The number of carbonyl (C=O) groups is 2. The normalized spacial score (nSPS) is 15.4. The van der Waals surface area contributed by atoms with Gasteiger partial charge in [-0.2, -0.15) is 0 Å². The van der Waals surface area contributed by atoms with E-state index in [1.165, 1.54) is 0 Å². The summed E-state index contributed by atoms with van der Waals surface area (Å²) in [4.78, 5) is 28.0. The van der Waals surface area contributed by atoms with Gasteiger partial charge in [-0.3, -0.25) is 9.59 Å². The Morgan fingerprint density at radius 2 is 1.68 bits per heavy atom. The third-order valence-corrected chi connectivity index (χ3v) is 5.80. The minimum atomic E-state index is -0.200. The first kappa shape index (κ1) is 25.5. The Morgan fingerprint density at radius 1 is 1.00 bits per heavy atom. The zero-order valence-electron chi connectivity index (χ0n) is 20.6. The summed E-state index contributed by atoms with van der Waals surface area (Å²) in [5, 5.41) is 3.48. The number of ketones is 1. The predicted octanol–water partition coefficient (Wildman–Crippen LogP) is 3.58. The maximum absolute atomic E-state index is 13.3. The van der Waals surface area contributed by atoms with Crippen LogP contribution in [-0.2, 0) is 15.9 Å². The lowest BCUT2D eigenvalue weighted by atomic mass is 9.85. The molecule has 0 radical (unpaired) electrons. The standard InChI is InChI=1S/C27H34N2O5/c1-27(2)18-21-9-10-22(34-5)16-23(21)24(28-27)17-25(30)19-7-6-8-20(15-19)26(31)29(11-13-32-3)12-14-33-4/h6-10,15-17,28H,11-14,18H2,1-5H3/b24-17-. The lowest BCUT2D eigenvalue weighted by Gasteiger charge is -2.35. The second-order valence-electron chi connectivity index (χ2n) is 8.99. The van der Waals surface area contributed by atoms with Crippen molar-refractivity contribution < 1.29 is 23.8 Å². The molecule has 0 bridgehead atoms. The molecule has 2 aromatic carbocycles. The van der Waals surface area contributed by atoms with Gasteiger partial charge in [-0.05, 0) is 50.1 Å². The molecule has 7 nitrogen and oxygen atoms in total. The van der Waals surface area contributed by atoms with Crippen molar-refractivity contribution in [2.45, 2.75) is 25.8 Å². The van der Waals surface area contributed by atoms with Crippen molar-refractivity contribution in [3.8, 4) is 5.75 Å². The number of allylic oxidation sites excluding steroid dienone is 1. The van der Waals surface area contributed by atoms with E-state index in [1.54, 1.807) is 56.6 Å². The molecule has 0 fully saturated rings. The van der Waals surface area contributed by atoms with Crippen LogP contribution in [0.4, 0.5) is 0 Å². The number of hydrogen-bond acceptors (Lipinski definition) is 6. The molecule has 1 heterocycles. The summed E-state index contributed by atoms with van der Waals surface area (Å²) < 4.78 is 15.7. The minimum Gasteiger partial charge on any atom is -0.497 e. The zero-order chi connectivity index (χ0) is 24.7. The van der Waals surface area contributed by atoms with Crippen molar-refractivity contribution in [1.29, 1.82) is 0 Å². The van der Waals surface area contributed by atoms with Crippen LogP contribution in [0.3, 0.4) is 0 Å². The number of nitrogens with zero attached hydrogens (tertiary/aromatic N) is 1. The first-order valence-corrected chi connectivity index (χ1v) is 11.4. The van der Waals surface area contributed by atoms with E-state index in [4.69, 9.17) is 14.2 Å². The van der Waals surface area contributed by atoms with Gasteiger partial charge in [-0.15, -0.1) is 0 Å². The molecule has 0 aromatic heterocycles. The number of carbonyl (C=O) groups excluding carboxylic acids is 2. The van der Waals surface area contributed by atoms with E-state index < -0.39 is 0 Å². The summed E-state index contributed by atoms with van der Waals surface area (Å²) in [6.07, 6.45) is 2.44. The fourth-order valence-electron chi connectivity index (χ4n) is 4.07. The molecule has 1 aliphatic heterocycles. The second-order valence-corrected chi connectivity index (χ2v) is 8.99. The molecule has 0 saturated carbocycles. The highest BCUT2D eigenvalue weighted by Gasteiger charge is 2.28. The fourth-order valence-corrected chi connectivity index (χ4v) is 4.07. The number of benzene rings is 2. The summed E-state index contributed by atoms with van der Waals surface area (Å²) in [5.41, 5.74) is 3.55. The fraction of sp³-hybridized carbons (Fsp3) is 0.407. The van der Waals surface area contributed by atoms with Crippen LogP contribution >= 0.6 is 0 Å². The van der Waals surface area contributed by atoms with E-state index in [-0.39, 0.29) is 17.2 Å². The van der Waals surface area contributed by atoms with Gasteiger partial charge in [0.15, 0.2) is 5.78 Å². The van der Waals surface area contributed by atoms with Crippen LogP contribution in [0.15, 0.2) is 48.5 Å². The van der Waals surface area contributed by atoms with E-state index in [9.17, 15) is 9.59 Å². The highest BCUT2D eigenvalue weighted by Crippen LogP contribution is 2.32. The van der Waals surface area contributed by atoms with Gasteiger partial charge in [0, 0.05) is 61.3 Å². The van der Waals surface area contributed by atoms with E-state index in [1.807, 2.05) is 18.2 Å². The van der Waals surface area contributed by atoms with Crippen molar-refractivity contribution in [3.63, 3.8) is 0 Å². The number of amides is 1. The van der Waals surface area contributed by atoms with Crippen LogP contribution in [0.2, 0.25) is 0 Å². The van der Waals surface area contributed by atoms with Gasteiger partial charge in [0.1, 0.15) is 5.75 Å². The summed E-state index contributed by atoms with van der Waals surface area (Å²) in [7, 11) is 4.82. The molecule has 34 heavy (non-hydrogen) atoms. The first-order chi connectivity index (χ1) is 16.3. The summed E-state index contributed by atoms with van der Waals surface area (Å²) in [5.74, 6) is 0.394. The monoisotopic (exact) mass is 466 g/mol. The summed E-state index contributed by atoms with van der Waals surface area (Å²) in [6, 6.07) is 12.8.